The Morgan fingerprint density at radius 3 is 2.03 bits per heavy atom. The highest BCUT2D eigenvalue weighted by Gasteiger charge is 2.35. The molecule has 1 aliphatic rings. The predicted molar refractivity (Wildman–Crippen MR) is 135 cm³/mol. The van der Waals surface area contributed by atoms with Crippen molar-refractivity contribution in [2.45, 2.75) is 25.9 Å². The Hall–Kier alpha value is -3.38. The van der Waals surface area contributed by atoms with Crippen LogP contribution < -0.4 is 9.47 Å². The van der Waals surface area contributed by atoms with Crippen molar-refractivity contribution >= 4 is 5.91 Å². The fraction of sp³-hybridized carbons (Fsp3) is 0.345. The molecule has 1 fully saturated rings. The SMILES string of the molecule is COc1ccc(CN2C[C@@H](CN(Cc3ccc(F)cc3)C(C)=O)[C@H](c3ccc(OC)cc3)C2)cc1. The number of halogens is 1. The number of likely N-dealkylation sites (tertiary alicyclic amines) is 1. The van der Waals surface area contributed by atoms with Gasteiger partial charge in [-0.3, -0.25) is 9.69 Å². The zero-order valence-electron chi connectivity index (χ0n) is 20.6. The fourth-order valence-corrected chi connectivity index (χ4v) is 4.89. The third kappa shape index (κ3) is 6.40. The van der Waals surface area contributed by atoms with Gasteiger partial charge in [0, 0.05) is 45.6 Å². The highest BCUT2D eigenvalue weighted by Crippen LogP contribution is 2.35. The number of carbonyl (C=O) groups excluding carboxylic acids is 1. The molecule has 4 rings (SSSR count). The average Bonchev–Trinajstić information content (AvgIpc) is 3.27. The summed E-state index contributed by atoms with van der Waals surface area (Å²) in [5.41, 5.74) is 3.41. The summed E-state index contributed by atoms with van der Waals surface area (Å²) in [4.78, 5) is 16.9. The van der Waals surface area contributed by atoms with Crippen LogP contribution in [0.4, 0.5) is 4.39 Å². The molecule has 0 unspecified atom stereocenters. The zero-order valence-corrected chi connectivity index (χ0v) is 20.6. The fourth-order valence-electron chi connectivity index (χ4n) is 4.89. The molecule has 2 atom stereocenters. The maximum Gasteiger partial charge on any atom is 0.219 e. The average molecular weight is 477 g/mol. The number of carbonyl (C=O) groups is 1. The number of ether oxygens (including phenoxy) is 2. The Morgan fingerprint density at radius 1 is 0.886 bits per heavy atom. The molecule has 0 radical (unpaired) electrons. The van der Waals surface area contributed by atoms with Crippen molar-refractivity contribution < 1.29 is 18.7 Å². The van der Waals surface area contributed by atoms with Crippen molar-refractivity contribution in [2.75, 3.05) is 33.9 Å². The molecule has 0 bridgehead atoms. The molecule has 0 aliphatic carbocycles. The van der Waals surface area contributed by atoms with Crippen molar-refractivity contribution in [3.63, 3.8) is 0 Å². The lowest BCUT2D eigenvalue weighted by Crippen LogP contribution is -2.35. The molecule has 1 amide bonds. The number of methoxy groups -OCH3 is 2. The molecule has 0 saturated carbocycles. The first-order valence-corrected chi connectivity index (χ1v) is 11.9. The van der Waals surface area contributed by atoms with Crippen molar-refractivity contribution in [2.24, 2.45) is 5.92 Å². The highest BCUT2D eigenvalue weighted by molar-refractivity contribution is 5.73. The molecule has 3 aromatic rings. The highest BCUT2D eigenvalue weighted by atomic mass is 19.1. The normalized spacial score (nSPS) is 17.8. The first-order chi connectivity index (χ1) is 16.9. The minimum Gasteiger partial charge on any atom is -0.497 e. The molecule has 1 saturated heterocycles. The van der Waals surface area contributed by atoms with Gasteiger partial charge in [-0.25, -0.2) is 4.39 Å². The molecule has 0 aromatic heterocycles. The van der Waals surface area contributed by atoms with Gasteiger partial charge in [0.1, 0.15) is 17.3 Å². The van der Waals surface area contributed by atoms with E-state index in [1.165, 1.54) is 23.3 Å². The second-order valence-electron chi connectivity index (χ2n) is 9.21. The molecular weight excluding hydrogens is 443 g/mol. The van der Waals surface area contributed by atoms with Gasteiger partial charge in [-0.05, 0) is 59.0 Å². The number of hydrogen-bond acceptors (Lipinski definition) is 4. The Kier molecular flexibility index (Phi) is 8.03. The van der Waals surface area contributed by atoms with Crippen LogP contribution in [0.15, 0.2) is 72.8 Å². The Morgan fingerprint density at radius 2 is 1.46 bits per heavy atom. The van der Waals surface area contributed by atoms with Gasteiger partial charge in [-0.2, -0.15) is 0 Å². The lowest BCUT2D eigenvalue weighted by Gasteiger charge is -2.28. The quantitative estimate of drug-likeness (QED) is 0.431. The van der Waals surface area contributed by atoms with E-state index in [1.807, 2.05) is 29.2 Å². The molecular formula is C29H33FN2O3. The second kappa shape index (κ2) is 11.4. The molecule has 35 heavy (non-hydrogen) atoms. The number of nitrogens with zero attached hydrogens (tertiary/aromatic N) is 2. The molecule has 0 spiro atoms. The van der Waals surface area contributed by atoms with Crippen LogP contribution in [0.1, 0.15) is 29.5 Å². The lowest BCUT2D eigenvalue weighted by molar-refractivity contribution is -0.130. The van der Waals surface area contributed by atoms with E-state index in [-0.39, 0.29) is 23.6 Å². The molecule has 1 aliphatic heterocycles. The van der Waals surface area contributed by atoms with Gasteiger partial charge in [0.05, 0.1) is 14.2 Å². The smallest absolute Gasteiger partial charge is 0.219 e. The third-order valence-corrected chi connectivity index (χ3v) is 6.81. The van der Waals surface area contributed by atoms with E-state index in [0.717, 1.165) is 36.7 Å². The predicted octanol–water partition coefficient (Wildman–Crippen LogP) is 5.11. The lowest BCUT2D eigenvalue weighted by atomic mass is 9.88. The summed E-state index contributed by atoms with van der Waals surface area (Å²) in [7, 11) is 3.34. The monoisotopic (exact) mass is 476 g/mol. The van der Waals surface area contributed by atoms with Crippen LogP contribution in [0, 0.1) is 11.7 Å². The minimum absolute atomic E-state index is 0.0245. The molecule has 3 aromatic carbocycles. The maximum absolute atomic E-state index is 13.4. The molecule has 5 nitrogen and oxygen atoms in total. The standard InChI is InChI=1S/C29H33FN2O3/c1-21(33)32(17-23-4-10-26(30)11-5-23)19-25-18-31(16-22-6-12-27(34-2)13-7-22)20-29(25)24-8-14-28(35-3)15-9-24/h4-15,25,29H,16-20H2,1-3H3/t25-,29-/m0/s1. The van der Waals surface area contributed by atoms with E-state index < -0.39 is 0 Å². The largest absolute Gasteiger partial charge is 0.497 e. The summed E-state index contributed by atoms with van der Waals surface area (Å²) < 4.78 is 24.0. The third-order valence-electron chi connectivity index (χ3n) is 6.81. The first kappa shape index (κ1) is 24.7. The topological polar surface area (TPSA) is 42.0 Å². The van der Waals surface area contributed by atoms with Crippen molar-refractivity contribution in [1.82, 2.24) is 9.80 Å². The van der Waals surface area contributed by atoms with Gasteiger partial charge >= 0.3 is 0 Å². The van der Waals surface area contributed by atoms with Crippen molar-refractivity contribution in [3.8, 4) is 11.5 Å². The van der Waals surface area contributed by atoms with Crippen LogP contribution in [0.2, 0.25) is 0 Å². The van der Waals surface area contributed by atoms with Crippen LogP contribution >= 0.6 is 0 Å². The Labute approximate surface area is 207 Å². The summed E-state index contributed by atoms with van der Waals surface area (Å²) >= 11 is 0. The van der Waals surface area contributed by atoms with E-state index in [1.54, 1.807) is 33.3 Å². The van der Waals surface area contributed by atoms with Crippen LogP contribution in [0.3, 0.4) is 0 Å². The molecule has 0 N–H and O–H groups in total. The minimum atomic E-state index is -0.271. The summed E-state index contributed by atoms with van der Waals surface area (Å²) in [5.74, 6) is 1.99. The number of rotatable bonds is 9. The summed E-state index contributed by atoms with van der Waals surface area (Å²) in [6.45, 7) is 5.35. The van der Waals surface area contributed by atoms with E-state index in [4.69, 9.17) is 9.47 Å². The molecule has 6 heteroatoms. The van der Waals surface area contributed by atoms with Gasteiger partial charge in [-0.15, -0.1) is 0 Å². The van der Waals surface area contributed by atoms with Crippen LogP contribution in [-0.4, -0.2) is 49.6 Å². The van der Waals surface area contributed by atoms with Crippen LogP contribution in [0.25, 0.3) is 0 Å². The maximum atomic E-state index is 13.4. The van der Waals surface area contributed by atoms with E-state index >= 15 is 0 Å². The number of amides is 1. The van der Waals surface area contributed by atoms with Crippen molar-refractivity contribution in [3.05, 3.63) is 95.3 Å². The van der Waals surface area contributed by atoms with Gasteiger partial charge in [-0.1, -0.05) is 36.4 Å². The van der Waals surface area contributed by atoms with Crippen LogP contribution in [-0.2, 0) is 17.9 Å². The summed E-state index contributed by atoms with van der Waals surface area (Å²) in [6, 6.07) is 22.8. The van der Waals surface area contributed by atoms with Crippen LogP contribution in [0.5, 0.6) is 11.5 Å². The van der Waals surface area contributed by atoms with Gasteiger partial charge in [0.2, 0.25) is 5.91 Å². The first-order valence-electron chi connectivity index (χ1n) is 11.9. The number of hydrogen-bond donors (Lipinski definition) is 0. The van der Waals surface area contributed by atoms with Gasteiger partial charge < -0.3 is 14.4 Å². The summed E-state index contributed by atoms with van der Waals surface area (Å²) in [5, 5.41) is 0. The Balaban J connectivity index is 1.53. The van der Waals surface area contributed by atoms with Crippen molar-refractivity contribution in [1.29, 1.82) is 0 Å². The van der Waals surface area contributed by atoms with Gasteiger partial charge in [0.25, 0.3) is 0 Å². The van der Waals surface area contributed by atoms with E-state index in [9.17, 15) is 9.18 Å². The van der Waals surface area contributed by atoms with E-state index in [2.05, 4.69) is 29.2 Å². The molecule has 184 valence electrons. The number of benzene rings is 3. The Bertz CT molecular complexity index is 1100. The zero-order chi connectivity index (χ0) is 24.8. The second-order valence-corrected chi connectivity index (χ2v) is 9.21. The molecule has 1 heterocycles. The van der Waals surface area contributed by atoms with E-state index in [0.29, 0.717) is 13.1 Å². The summed E-state index contributed by atoms with van der Waals surface area (Å²) in [6.07, 6.45) is 0. The van der Waals surface area contributed by atoms with Gasteiger partial charge in [0.15, 0.2) is 0 Å².